The largest absolute Gasteiger partial charge is 0.480 e. The van der Waals surface area contributed by atoms with Crippen molar-refractivity contribution in [2.75, 3.05) is 13.7 Å². The monoisotopic (exact) mass is 290 g/mol. The van der Waals surface area contributed by atoms with Crippen LogP contribution < -0.4 is 4.72 Å². The topological polar surface area (TPSA) is 116 Å². The number of ether oxygens (including phenoxy) is 1. The summed E-state index contributed by atoms with van der Waals surface area (Å²) in [6, 6.07) is 3.04. The van der Waals surface area contributed by atoms with Gasteiger partial charge in [-0.05, 0) is 12.1 Å². The summed E-state index contributed by atoms with van der Waals surface area (Å²) in [6.45, 7) is -0.287. The van der Waals surface area contributed by atoms with Gasteiger partial charge in [0.25, 0.3) is 10.0 Å². The lowest BCUT2D eigenvalue weighted by atomic mass is 10.3. The smallest absolute Gasteiger partial charge is 0.324 e. The second kappa shape index (κ2) is 5.92. The maximum absolute atomic E-state index is 11.8. The summed E-state index contributed by atoms with van der Waals surface area (Å²) in [5.74, 6) is -1.34. The van der Waals surface area contributed by atoms with Crippen molar-refractivity contribution in [1.82, 2.24) is 4.72 Å². The molecule has 0 aliphatic carbocycles. The molecule has 0 aromatic carbocycles. The number of sulfonamides is 1. The Morgan fingerprint density at radius 1 is 1.67 bits per heavy atom. The van der Waals surface area contributed by atoms with Gasteiger partial charge in [-0.3, -0.25) is 4.79 Å². The van der Waals surface area contributed by atoms with Gasteiger partial charge >= 0.3 is 5.97 Å². The molecule has 0 aliphatic rings. The van der Waals surface area contributed by atoms with Gasteiger partial charge in [0.05, 0.1) is 6.61 Å². The van der Waals surface area contributed by atoms with E-state index >= 15 is 0 Å². The lowest BCUT2D eigenvalue weighted by Gasteiger charge is -2.12. The number of carboxylic acid groups (broad SMARTS) is 1. The average Bonchev–Trinajstić information content (AvgIpc) is 2.77. The average molecular weight is 290 g/mol. The van der Waals surface area contributed by atoms with Crippen LogP contribution in [-0.4, -0.2) is 39.3 Å². The molecule has 1 atom stereocenters. The molecule has 98 valence electrons. The Balaban J connectivity index is 2.93. The molecule has 18 heavy (non-hydrogen) atoms. The standard InChI is InChI=1S/C9H10N2O5S2/c1-16-5-7(9(12)13)11-18(14,15)8-3-2-6(4-10)17-8/h2-3,7,11H,5H2,1H3,(H,12,13). The van der Waals surface area contributed by atoms with Crippen LogP contribution >= 0.6 is 11.3 Å². The minimum absolute atomic E-state index is 0.110. The zero-order valence-electron chi connectivity index (χ0n) is 9.28. The number of aliphatic carboxylic acids is 1. The van der Waals surface area contributed by atoms with Crippen molar-refractivity contribution in [3.8, 4) is 6.07 Å². The van der Waals surface area contributed by atoms with Gasteiger partial charge in [0.2, 0.25) is 0 Å². The summed E-state index contributed by atoms with van der Waals surface area (Å²) >= 11 is 0.766. The number of nitrogens with zero attached hydrogens (tertiary/aromatic N) is 1. The first-order valence-electron chi connectivity index (χ1n) is 4.64. The van der Waals surface area contributed by atoms with E-state index in [0.717, 1.165) is 11.3 Å². The van der Waals surface area contributed by atoms with E-state index < -0.39 is 22.0 Å². The molecule has 1 unspecified atom stereocenters. The highest BCUT2D eigenvalue weighted by Gasteiger charge is 2.26. The van der Waals surface area contributed by atoms with Crippen LogP contribution in [0.5, 0.6) is 0 Å². The molecule has 9 heteroatoms. The molecular weight excluding hydrogens is 280 g/mol. The van der Waals surface area contributed by atoms with Gasteiger partial charge in [-0.1, -0.05) is 0 Å². The fraction of sp³-hybridized carbons (Fsp3) is 0.333. The van der Waals surface area contributed by atoms with Crippen LogP contribution in [0.1, 0.15) is 4.88 Å². The molecule has 0 saturated carbocycles. The molecule has 0 aliphatic heterocycles. The number of carbonyl (C=O) groups is 1. The van der Waals surface area contributed by atoms with E-state index in [1.165, 1.54) is 19.2 Å². The minimum atomic E-state index is -3.96. The van der Waals surface area contributed by atoms with E-state index in [1.54, 1.807) is 6.07 Å². The second-order valence-corrected chi connectivity index (χ2v) is 6.22. The predicted octanol–water partition coefficient (Wildman–Crippen LogP) is -0.00232. The first-order chi connectivity index (χ1) is 8.40. The Morgan fingerprint density at radius 3 is 2.78 bits per heavy atom. The Labute approximate surface area is 108 Å². The van der Waals surface area contributed by atoms with Crippen molar-refractivity contribution in [1.29, 1.82) is 5.26 Å². The van der Waals surface area contributed by atoms with Crippen molar-refractivity contribution >= 4 is 27.3 Å². The Kier molecular flexibility index (Phi) is 4.80. The maximum Gasteiger partial charge on any atom is 0.324 e. The molecule has 1 heterocycles. The predicted molar refractivity (Wildman–Crippen MR) is 62.7 cm³/mol. The van der Waals surface area contributed by atoms with Crippen LogP contribution in [-0.2, 0) is 19.6 Å². The van der Waals surface area contributed by atoms with Gasteiger partial charge in [-0.15, -0.1) is 11.3 Å². The number of nitrogens with one attached hydrogen (secondary N) is 1. The number of hydrogen-bond donors (Lipinski definition) is 2. The van der Waals surface area contributed by atoms with Gasteiger partial charge in [0.15, 0.2) is 0 Å². The Bertz CT molecular complexity index is 572. The van der Waals surface area contributed by atoms with Gasteiger partial charge in [0, 0.05) is 7.11 Å². The Morgan fingerprint density at radius 2 is 2.33 bits per heavy atom. The highest BCUT2D eigenvalue weighted by molar-refractivity contribution is 7.91. The molecule has 0 amide bonds. The van der Waals surface area contributed by atoms with Crippen molar-refractivity contribution in [3.63, 3.8) is 0 Å². The summed E-state index contributed by atoms with van der Waals surface area (Å²) in [7, 11) is -2.69. The van der Waals surface area contributed by atoms with Gasteiger partial charge in [-0.2, -0.15) is 9.98 Å². The summed E-state index contributed by atoms with van der Waals surface area (Å²) < 4.78 is 30.1. The van der Waals surface area contributed by atoms with Gasteiger partial charge in [0.1, 0.15) is 21.2 Å². The molecule has 0 radical (unpaired) electrons. The summed E-state index contributed by atoms with van der Waals surface area (Å²) in [5, 5.41) is 17.4. The first kappa shape index (κ1) is 14.6. The molecule has 0 saturated heterocycles. The zero-order chi connectivity index (χ0) is 13.8. The molecule has 1 aromatic heterocycles. The van der Waals surface area contributed by atoms with Crippen LogP contribution in [0, 0.1) is 11.3 Å². The lowest BCUT2D eigenvalue weighted by Crippen LogP contribution is -2.43. The van der Waals surface area contributed by atoms with Crippen molar-refractivity contribution in [3.05, 3.63) is 17.0 Å². The van der Waals surface area contributed by atoms with E-state index in [2.05, 4.69) is 4.74 Å². The van der Waals surface area contributed by atoms with Crippen LogP contribution in [0.25, 0.3) is 0 Å². The number of hydrogen-bond acceptors (Lipinski definition) is 6. The third-order valence-electron chi connectivity index (χ3n) is 1.89. The number of methoxy groups -OCH3 is 1. The van der Waals surface area contributed by atoms with E-state index in [-0.39, 0.29) is 15.7 Å². The van der Waals surface area contributed by atoms with Crippen molar-refractivity contribution in [2.24, 2.45) is 0 Å². The minimum Gasteiger partial charge on any atom is -0.480 e. The molecule has 0 fully saturated rings. The van der Waals surface area contributed by atoms with Crippen LogP contribution in [0.3, 0.4) is 0 Å². The number of rotatable bonds is 6. The first-order valence-corrected chi connectivity index (χ1v) is 6.94. The second-order valence-electron chi connectivity index (χ2n) is 3.20. The van der Waals surface area contributed by atoms with Crippen molar-refractivity contribution < 1.29 is 23.1 Å². The normalized spacial score (nSPS) is 12.9. The fourth-order valence-electron chi connectivity index (χ4n) is 1.09. The van der Waals surface area contributed by atoms with Crippen LogP contribution in [0.2, 0.25) is 0 Å². The van der Waals surface area contributed by atoms with E-state index in [9.17, 15) is 13.2 Å². The summed E-state index contributed by atoms with van der Waals surface area (Å²) in [4.78, 5) is 11.0. The summed E-state index contributed by atoms with van der Waals surface area (Å²) in [6.07, 6.45) is 0. The zero-order valence-corrected chi connectivity index (χ0v) is 10.9. The fourth-order valence-corrected chi connectivity index (χ4v) is 3.39. The van der Waals surface area contributed by atoms with Gasteiger partial charge < -0.3 is 9.84 Å². The molecular formula is C9H10N2O5S2. The SMILES string of the molecule is COCC(NS(=O)(=O)c1ccc(C#N)s1)C(=O)O. The molecule has 2 N–H and O–H groups in total. The van der Waals surface area contributed by atoms with E-state index in [4.69, 9.17) is 10.4 Å². The highest BCUT2D eigenvalue weighted by Crippen LogP contribution is 2.20. The van der Waals surface area contributed by atoms with E-state index in [0.29, 0.717) is 0 Å². The molecule has 1 rings (SSSR count). The molecule has 7 nitrogen and oxygen atoms in total. The summed E-state index contributed by atoms with van der Waals surface area (Å²) in [5.41, 5.74) is 0. The Hall–Kier alpha value is -1.47. The highest BCUT2D eigenvalue weighted by atomic mass is 32.2. The number of nitriles is 1. The number of carboxylic acids is 1. The van der Waals surface area contributed by atoms with Crippen LogP contribution in [0.4, 0.5) is 0 Å². The quantitative estimate of drug-likeness (QED) is 0.761. The van der Waals surface area contributed by atoms with Crippen molar-refractivity contribution in [2.45, 2.75) is 10.3 Å². The molecule has 0 bridgehead atoms. The van der Waals surface area contributed by atoms with Gasteiger partial charge in [-0.25, -0.2) is 8.42 Å². The number of thiophene rings is 1. The van der Waals surface area contributed by atoms with E-state index in [1.807, 2.05) is 4.72 Å². The maximum atomic E-state index is 11.8. The third-order valence-corrected chi connectivity index (χ3v) is 4.84. The lowest BCUT2D eigenvalue weighted by molar-refractivity contribution is -0.140. The van der Waals surface area contributed by atoms with Crippen LogP contribution in [0.15, 0.2) is 16.3 Å². The molecule has 0 spiro atoms. The third kappa shape index (κ3) is 3.51. The molecule has 1 aromatic rings.